The summed E-state index contributed by atoms with van der Waals surface area (Å²) in [4.78, 5) is 19.7. The zero-order chi connectivity index (χ0) is 28.7. The number of aldehydes is 2. The van der Waals surface area contributed by atoms with Crippen molar-refractivity contribution in [2.75, 3.05) is 0 Å². The van der Waals surface area contributed by atoms with Gasteiger partial charge in [-0.15, -0.1) is 0 Å². The first-order valence-electron chi connectivity index (χ1n) is 14.1. The monoisotopic (exact) mass is 514 g/mol. The predicted molar refractivity (Wildman–Crippen MR) is 151 cm³/mol. The summed E-state index contributed by atoms with van der Waals surface area (Å²) >= 11 is 0. The Balaban J connectivity index is -0.00000108. The molecule has 0 amide bonds. The molecule has 6 nitrogen and oxygen atoms in total. The van der Waals surface area contributed by atoms with E-state index in [2.05, 4.69) is 19.9 Å². The van der Waals surface area contributed by atoms with E-state index in [0.29, 0.717) is 18.4 Å². The number of carbonyl (C=O) groups excluding carboxylic acids is 2. The summed E-state index contributed by atoms with van der Waals surface area (Å²) in [6.45, 7) is 21.5. The Hall–Kier alpha value is -1.34. The minimum Gasteiger partial charge on any atom is -0.393 e. The molecule has 0 aromatic rings. The van der Waals surface area contributed by atoms with Crippen LogP contribution in [0.1, 0.15) is 108 Å². The fourth-order valence-corrected chi connectivity index (χ4v) is 4.03. The molecule has 0 saturated carbocycles. The third-order valence-electron chi connectivity index (χ3n) is 5.93. The van der Waals surface area contributed by atoms with Gasteiger partial charge in [0.1, 0.15) is 18.7 Å². The Morgan fingerprint density at radius 3 is 2.06 bits per heavy atom. The van der Waals surface area contributed by atoms with Crippen molar-refractivity contribution >= 4 is 12.6 Å². The second-order valence-electron chi connectivity index (χ2n) is 8.57. The number of allylic oxidation sites excluding steroid dienone is 2. The Morgan fingerprint density at radius 1 is 1.00 bits per heavy atom. The highest BCUT2D eigenvalue weighted by atomic mass is 16.5. The molecule has 2 rings (SSSR count). The first-order valence-corrected chi connectivity index (χ1v) is 14.1. The van der Waals surface area contributed by atoms with E-state index in [-0.39, 0.29) is 24.5 Å². The fraction of sp³-hybridized carbons (Fsp3) is 0.800. The molecule has 0 spiro atoms. The van der Waals surface area contributed by atoms with E-state index in [1.165, 1.54) is 13.3 Å². The van der Waals surface area contributed by atoms with Crippen LogP contribution in [-0.4, -0.2) is 59.4 Å². The first-order chi connectivity index (χ1) is 17.2. The number of aliphatic hydroxyl groups excluding tert-OH is 2. The number of carbonyl (C=O) groups is 2. The molecule has 2 heterocycles. The molecule has 2 aliphatic rings. The van der Waals surface area contributed by atoms with Gasteiger partial charge in [-0.25, -0.2) is 0 Å². The van der Waals surface area contributed by atoms with E-state index in [1.54, 1.807) is 6.92 Å². The first kappa shape index (κ1) is 39.2. The van der Waals surface area contributed by atoms with Crippen LogP contribution in [0, 0.1) is 11.8 Å². The average Bonchev–Trinajstić information content (AvgIpc) is 2.88. The second-order valence-corrected chi connectivity index (χ2v) is 8.57. The maximum absolute atomic E-state index is 10.8. The zero-order valence-corrected chi connectivity index (χ0v) is 25.1. The van der Waals surface area contributed by atoms with Gasteiger partial charge in [-0.2, -0.15) is 0 Å². The van der Waals surface area contributed by atoms with Crippen LogP contribution >= 0.6 is 0 Å². The van der Waals surface area contributed by atoms with E-state index in [0.717, 1.165) is 31.0 Å². The summed E-state index contributed by atoms with van der Waals surface area (Å²) < 4.78 is 11.9. The number of ether oxygens (including phenoxy) is 2. The second kappa shape index (κ2) is 25.3. The summed E-state index contributed by atoms with van der Waals surface area (Å²) in [5.41, 5.74) is 1.09. The Bertz CT molecular complexity index is 572. The fourth-order valence-electron chi connectivity index (χ4n) is 4.03. The Kier molecular flexibility index (Phi) is 27.5. The van der Waals surface area contributed by atoms with Gasteiger partial charge in [0.2, 0.25) is 0 Å². The average molecular weight is 515 g/mol. The molecule has 0 aliphatic carbocycles. The summed E-state index contributed by atoms with van der Waals surface area (Å²) in [5, 5.41) is 20.5. The van der Waals surface area contributed by atoms with Gasteiger partial charge in [0.05, 0.1) is 30.5 Å². The highest BCUT2D eigenvalue weighted by Crippen LogP contribution is 2.30. The highest BCUT2D eigenvalue weighted by Gasteiger charge is 2.38. The van der Waals surface area contributed by atoms with Gasteiger partial charge in [-0.1, -0.05) is 72.3 Å². The summed E-state index contributed by atoms with van der Waals surface area (Å²) in [7, 11) is 0. The number of hydrogen-bond donors (Lipinski definition) is 2. The van der Waals surface area contributed by atoms with Crippen molar-refractivity contribution < 1.29 is 29.3 Å². The molecule has 36 heavy (non-hydrogen) atoms. The van der Waals surface area contributed by atoms with Crippen LogP contribution in [0.2, 0.25) is 0 Å². The SMILES string of the molecule is CC.CC.CC.CC(/C=C/C1O[C@H](CC=O)CC(C(C)O)[C@@H]1O)=C\C[C@@H]1O[C@H](C)CC[C@@H]1C.CC=O. The van der Waals surface area contributed by atoms with Crippen molar-refractivity contribution in [2.24, 2.45) is 11.8 Å². The minimum atomic E-state index is -0.778. The molecular formula is C30H58O6. The summed E-state index contributed by atoms with van der Waals surface area (Å²) in [5.74, 6) is 0.272. The predicted octanol–water partition coefficient (Wildman–Crippen LogP) is 6.47. The van der Waals surface area contributed by atoms with E-state index in [1.807, 2.05) is 60.6 Å². The van der Waals surface area contributed by atoms with Crippen molar-refractivity contribution in [1.82, 2.24) is 0 Å². The zero-order valence-electron chi connectivity index (χ0n) is 25.1. The lowest BCUT2D eigenvalue weighted by Crippen LogP contribution is -2.48. The van der Waals surface area contributed by atoms with Crippen LogP contribution in [-0.2, 0) is 19.1 Å². The summed E-state index contributed by atoms with van der Waals surface area (Å²) in [6, 6.07) is 0. The van der Waals surface area contributed by atoms with Gasteiger partial charge >= 0.3 is 0 Å². The molecule has 6 heteroatoms. The van der Waals surface area contributed by atoms with Crippen LogP contribution in [0.15, 0.2) is 23.8 Å². The van der Waals surface area contributed by atoms with Gasteiger partial charge in [0.25, 0.3) is 0 Å². The molecule has 2 aliphatic heterocycles. The normalized spacial score (nSPS) is 30.5. The van der Waals surface area contributed by atoms with Gasteiger partial charge in [-0.3, -0.25) is 0 Å². The lowest BCUT2D eigenvalue weighted by Gasteiger charge is -2.39. The van der Waals surface area contributed by atoms with E-state index in [9.17, 15) is 15.0 Å². The molecule has 3 unspecified atom stereocenters. The molecule has 0 radical (unpaired) electrons. The Labute approximate surface area is 222 Å². The minimum absolute atomic E-state index is 0.255. The van der Waals surface area contributed by atoms with Crippen LogP contribution in [0.25, 0.3) is 0 Å². The van der Waals surface area contributed by atoms with Crippen molar-refractivity contribution in [3.05, 3.63) is 23.8 Å². The standard InChI is InChI=1S/C22H36O5.C2H4O.3C2H6/c1-14(5-9-20-15(2)7-8-16(3)26-20)6-10-21-22(25)19(17(4)24)13-18(27-21)11-12-23;1-2-3;3*1-2/h5-6,10,12,15-22,24-25H,7-9,11,13H2,1-4H3;2H,1H3;3*1-2H3/b10-6+,14-5+;;;;/t15-,16+,17?,18+,19?,20-,21?,22-;;;;/m0..../s1. The van der Waals surface area contributed by atoms with Crippen molar-refractivity contribution in [1.29, 1.82) is 0 Å². The third-order valence-corrected chi connectivity index (χ3v) is 5.93. The van der Waals surface area contributed by atoms with E-state index >= 15 is 0 Å². The largest absolute Gasteiger partial charge is 0.393 e. The van der Waals surface area contributed by atoms with Gasteiger partial charge in [0, 0.05) is 12.3 Å². The van der Waals surface area contributed by atoms with Crippen LogP contribution in [0.4, 0.5) is 0 Å². The van der Waals surface area contributed by atoms with Crippen molar-refractivity contribution in [3.63, 3.8) is 0 Å². The number of aliphatic hydroxyl groups is 2. The molecular weight excluding hydrogens is 456 g/mol. The topological polar surface area (TPSA) is 93.1 Å². The molecule has 0 aromatic heterocycles. The maximum atomic E-state index is 10.8. The molecule has 0 bridgehead atoms. The maximum Gasteiger partial charge on any atom is 0.122 e. The smallest absolute Gasteiger partial charge is 0.122 e. The number of rotatable bonds is 7. The van der Waals surface area contributed by atoms with Crippen LogP contribution in [0.3, 0.4) is 0 Å². The van der Waals surface area contributed by atoms with E-state index in [4.69, 9.17) is 14.3 Å². The number of hydrogen-bond acceptors (Lipinski definition) is 6. The third kappa shape index (κ3) is 16.4. The molecule has 2 fully saturated rings. The quantitative estimate of drug-likeness (QED) is 0.299. The van der Waals surface area contributed by atoms with Gasteiger partial charge in [-0.05, 0) is 59.3 Å². The van der Waals surface area contributed by atoms with Crippen molar-refractivity contribution in [2.45, 2.75) is 145 Å². The molecule has 8 atom stereocenters. The van der Waals surface area contributed by atoms with Crippen molar-refractivity contribution in [3.8, 4) is 0 Å². The lowest BCUT2D eigenvalue weighted by molar-refractivity contribution is -0.150. The van der Waals surface area contributed by atoms with E-state index < -0.39 is 18.3 Å². The highest BCUT2D eigenvalue weighted by molar-refractivity contribution is 5.50. The molecule has 2 saturated heterocycles. The van der Waals surface area contributed by atoms with Crippen LogP contribution in [0.5, 0.6) is 0 Å². The lowest BCUT2D eigenvalue weighted by atomic mass is 9.84. The summed E-state index contributed by atoms with van der Waals surface area (Å²) in [6.07, 6.45) is 9.91. The molecule has 214 valence electrons. The molecule has 0 aromatic carbocycles. The molecule has 2 N–H and O–H groups in total. The van der Waals surface area contributed by atoms with Crippen LogP contribution < -0.4 is 0 Å². The van der Waals surface area contributed by atoms with Gasteiger partial charge < -0.3 is 29.3 Å². The Morgan fingerprint density at radius 2 is 1.56 bits per heavy atom. The van der Waals surface area contributed by atoms with Gasteiger partial charge in [0.15, 0.2) is 0 Å².